The molecule has 0 radical (unpaired) electrons. The largest absolute Gasteiger partial charge is 0.493 e. The summed E-state index contributed by atoms with van der Waals surface area (Å²) in [6.45, 7) is 6.04. The van der Waals surface area contributed by atoms with Crippen LogP contribution < -0.4 is 28.4 Å². The van der Waals surface area contributed by atoms with Crippen LogP contribution in [-0.2, 0) is 6.54 Å². The van der Waals surface area contributed by atoms with E-state index < -0.39 is 0 Å². The van der Waals surface area contributed by atoms with E-state index in [1.807, 2.05) is 24.3 Å². The Morgan fingerprint density at radius 2 is 1.52 bits per heavy atom. The molecule has 2 heterocycles. The zero-order valence-electron chi connectivity index (χ0n) is 19.8. The third-order valence-electron chi connectivity index (χ3n) is 5.58. The lowest BCUT2D eigenvalue weighted by Gasteiger charge is -2.18. The van der Waals surface area contributed by atoms with Gasteiger partial charge in [0.05, 0.1) is 45.2 Å². The van der Waals surface area contributed by atoms with Crippen LogP contribution in [0.25, 0.3) is 16.3 Å². The molecule has 0 saturated carbocycles. The number of anilines is 1. The van der Waals surface area contributed by atoms with Crippen LogP contribution >= 0.6 is 23.1 Å². The minimum absolute atomic E-state index is 0.743. The molecule has 2 aromatic carbocycles. The number of rotatable bonds is 8. The summed E-state index contributed by atoms with van der Waals surface area (Å²) in [7, 11) is 6.67. The van der Waals surface area contributed by atoms with E-state index in [-0.39, 0.29) is 0 Å². The number of nitrogens with zero attached hydrogens (tertiary/aromatic N) is 2. The summed E-state index contributed by atoms with van der Waals surface area (Å²) in [5.41, 5.74) is 2.29. The Hall–Kier alpha value is -2.84. The van der Waals surface area contributed by atoms with Gasteiger partial charge in [-0.3, -0.25) is 0 Å². The molecule has 174 valence electrons. The van der Waals surface area contributed by atoms with Crippen LogP contribution in [0.15, 0.2) is 46.3 Å². The Morgan fingerprint density at radius 1 is 0.879 bits per heavy atom. The summed E-state index contributed by atoms with van der Waals surface area (Å²) in [5, 5.41) is 2.35. The van der Waals surface area contributed by atoms with Crippen molar-refractivity contribution in [1.29, 1.82) is 0 Å². The summed E-state index contributed by atoms with van der Waals surface area (Å²) in [6.07, 6.45) is 6.45. The van der Waals surface area contributed by atoms with Gasteiger partial charge >= 0.3 is 0 Å². The van der Waals surface area contributed by atoms with Crippen molar-refractivity contribution in [2.75, 3.05) is 39.9 Å². The van der Waals surface area contributed by atoms with Crippen molar-refractivity contribution in [3.05, 3.63) is 46.5 Å². The number of ether oxygens (including phenoxy) is 4. The van der Waals surface area contributed by atoms with Crippen molar-refractivity contribution in [2.45, 2.75) is 25.3 Å². The minimum Gasteiger partial charge on any atom is -0.493 e. The molecule has 0 aliphatic carbocycles. The molecule has 4 rings (SSSR count). The number of allylic oxidation sites excluding steroid dienone is 2. The van der Waals surface area contributed by atoms with Gasteiger partial charge in [0, 0.05) is 35.7 Å². The molecule has 0 atom stereocenters. The van der Waals surface area contributed by atoms with E-state index in [9.17, 15) is 0 Å². The normalized spacial score (nSPS) is 14.4. The van der Waals surface area contributed by atoms with Crippen molar-refractivity contribution in [2.24, 2.45) is 0 Å². The molecule has 0 bridgehead atoms. The van der Waals surface area contributed by atoms with Crippen molar-refractivity contribution in [3.63, 3.8) is 0 Å². The standard InChI is InChI=1S/C25H29N2O4S2/c1-7-26-16-12-18(28-3)20(30-5)14-22(16)32-24(26)10-9-11-25-27(8-2)17-13-19(29-4)21(31-6)15-23(17)33-25/h9-15H,7-8H2,1-6H3/q+1. The Labute approximate surface area is 203 Å². The van der Waals surface area contributed by atoms with E-state index in [0.29, 0.717) is 0 Å². The van der Waals surface area contributed by atoms with E-state index in [2.05, 4.69) is 41.5 Å². The Morgan fingerprint density at radius 3 is 2.15 bits per heavy atom. The predicted molar refractivity (Wildman–Crippen MR) is 136 cm³/mol. The fraction of sp³-hybridized carbons (Fsp3) is 0.320. The number of fused-ring (bicyclic) bond motifs is 2. The third kappa shape index (κ3) is 4.25. The number of benzene rings is 2. The predicted octanol–water partition coefficient (Wildman–Crippen LogP) is 5.73. The van der Waals surface area contributed by atoms with Crippen LogP contribution in [0.4, 0.5) is 5.69 Å². The second-order valence-electron chi connectivity index (χ2n) is 7.24. The number of methoxy groups -OCH3 is 4. The molecule has 0 unspecified atom stereocenters. The zero-order valence-corrected chi connectivity index (χ0v) is 21.4. The number of thiazole rings is 1. The Bertz CT molecular complexity index is 1230. The molecule has 1 aromatic heterocycles. The highest BCUT2D eigenvalue weighted by Gasteiger charge is 2.26. The molecule has 0 spiro atoms. The summed E-state index contributed by atoms with van der Waals surface area (Å²) in [5.74, 6) is 2.98. The second kappa shape index (κ2) is 9.97. The fourth-order valence-electron chi connectivity index (χ4n) is 3.97. The lowest BCUT2D eigenvalue weighted by atomic mass is 10.2. The molecular formula is C25H29N2O4S2+. The second-order valence-corrected chi connectivity index (χ2v) is 9.37. The van der Waals surface area contributed by atoms with Gasteiger partial charge in [0.25, 0.3) is 5.01 Å². The van der Waals surface area contributed by atoms with Crippen molar-refractivity contribution in [1.82, 2.24) is 0 Å². The molecule has 33 heavy (non-hydrogen) atoms. The van der Waals surface area contributed by atoms with Gasteiger partial charge < -0.3 is 23.8 Å². The fourth-order valence-corrected chi connectivity index (χ4v) is 6.27. The lowest BCUT2D eigenvalue weighted by molar-refractivity contribution is -0.665. The molecule has 1 aliphatic rings. The van der Waals surface area contributed by atoms with E-state index >= 15 is 0 Å². The number of thioether (sulfide) groups is 1. The summed E-state index contributed by atoms with van der Waals surface area (Å²) >= 11 is 3.48. The van der Waals surface area contributed by atoms with Gasteiger partial charge in [0.1, 0.15) is 11.2 Å². The third-order valence-corrected chi connectivity index (χ3v) is 7.81. The van der Waals surface area contributed by atoms with Gasteiger partial charge in [-0.25, -0.2) is 0 Å². The van der Waals surface area contributed by atoms with Crippen LogP contribution in [0.5, 0.6) is 23.0 Å². The molecule has 6 nitrogen and oxygen atoms in total. The quantitative estimate of drug-likeness (QED) is 0.380. The molecule has 0 fully saturated rings. The average molecular weight is 486 g/mol. The smallest absolute Gasteiger partial charge is 0.262 e. The van der Waals surface area contributed by atoms with Crippen LogP contribution in [0.1, 0.15) is 18.9 Å². The average Bonchev–Trinajstić information content (AvgIpc) is 3.37. The molecule has 0 amide bonds. The summed E-state index contributed by atoms with van der Waals surface area (Å²) in [6, 6.07) is 8.19. The molecule has 8 heteroatoms. The van der Waals surface area contributed by atoms with E-state index in [1.54, 1.807) is 51.5 Å². The van der Waals surface area contributed by atoms with E-state index in [1.165, 1.54) is 19.6 Å². The number of hydrogen-bond donors (Lipinski definition) is 0. The van der Waals surface area contributed by atoms with Crippen LogP contribution in [-0.4, -0.2) is 35.0 Å². The van der Waals surface area contributed by atoms with Crippen LogP contribution in [0.2, 0.25) is 0 Å². The first-order chi connectivity index (χ1) is 16.1. The molecular weight excluding hydrogens is 456 g/mol. The monoisotopic (exact) mass is 485 g/mol. The van der Waals surface area contributed by atoms with Gasteiger partial charge in [-0.05, 0) is 19.9 Å². The van der Waals surface area contributed by atoms with Crippen molar-refractivity contribution < 1.29 is 23.5 Å². The highest BCUT2D eigenvalue weighted by atomic mass is 32.2. The maximum Gasteiger partial charge on any atom is 0.262 e. The summed E-state index contributed by atoms with van der Waals surface area (Å²) < 4.78 is 25.4. The minimum atomic E-state index is 0.743. The number of aromatic nitrogens is 1. The lowest BCUT2D eigenvalue weighted by Crippen LogP contribution is -2.33. The highest BCUT2D eigenvalue weighted by molar-refractivity contribution is 8.03. The SMILES string of the molecule is CCN1C(=CC=Cc2sc3cc(OC)c(OC)cc3[n+]2CC)Sc2cc(OC)c(OC)cc21. The Balaban J connectivity index is 1.67. The van der Waals surface area contributed by atoms with Crippen LogP contribution in [0.3, 0.4) is 0 Å². The molecule has 0 saturated heterocycles. The van der Waals surface area contributed by atoms with Gasteiger partial charge in [-0.2, -0.15) is 4.57 Å². The molecule has 1 aliphatic heterocycles. The van der Waals surface area contributed by atoms with Gasteiger partial charge in [-0.15, -0.1) is 0 Å². The maximum absolute atomic E-state index is 5.50. The van der Waals surface area contributed by atoms with Crippen molar-refractivity contribution in [3.8, 4) is 23.0 Å². The van der Waals surface area contributed by atoms with Gasteiger partial charge in [-0.1, -0.05) is 29.2 Å². The molecule has 3 aromatic rings. The van der Waals surface area contributed by atoms with Crippen molar-refractivity contribution >= 4 is 45.1 Å². The highest BCUT2D eigenvalue weighted by Crippen LogP contribution is 2.50. The van der Waals surface area contributed by atoms with Gasteiger partial charge in [0.15, 0.2) is 23.0 Å². The van der Waals surface area contributed by atoms with E-state index in [4.69, 9.17) is 18.9 Å². The molecule has 0 N–H and O–H groups in total. The first-order valence-corrected chi connectivity index (χ1v) is 12.4. The first-order valence-electron chi connectivity index (χ1n) is 10.8. The Kier molecular flexibility index (Phi) is 7.05. The van der Waals surface area contributed by atoms with Crippen LogP contribution in [0, 0.1) is 0 Å². The first kappa shape index (κ1) is 23.3. The maximum atomic E-state index is 5.50. The number of hydrogen-bond acceptors (Lipinski definition) is 7. The summed E-state index contributed by atoms with van der Waals surface area (Å²) in [4.78, 5) is 3.46. The zero-order chi connectivity index (χ0) is 23.5. The van der Waals surface area contributed by atoms with E-state index in [0.717, 1.165) is 47.3 Å². The van der Waals surface area contributed by atoms with Gasteiger partial charge in [0.2, 0.25) is 5.52 Å². The number of aryl methyl sites for hydroxylation is 1. The topological polar surface area (TPSA) is 44.0 Å².